The summed E-state index contributed by atoms with van der Waals surface area (Å²) in [5, 5.41) is 83.3. The SMILES string of the molecule is COc1cc(/C=C/C(=O)OC[C@H]2O[C@H](O[C@@]3(CO)O[C@H](CO)[C@@H](O)[C@@H]3OC(=O)/C=C/c3cc(OC)c(O)c(OC)c3)[C@H](O)[C@@H](O)[C@@H]2O)cc(OC)c1O. The van der Waals surface area contributed by atoms with Crippen molar-refractivity contribution in [1.29, 1.82) is 0 Å². The number of rotatable bonds is 15. The summed E-state index contributed by atoms with van der Waals surface area (Å²) in [5.74, 6) is -4.86. The van der Waals surface area contributed by atoms with Crippen LogP contribution in [0.4, 0.5) is 0 Å². The lowest BCUT2D eigenvalue weighted by Gasteiger charge is -2.43. The van der Waals surface area contributed by atoms with E-state index in [4.69, 9.17) is 42.6 Å². The van der Waals surface area contributed by atoms with Crippen molar-refractivity contribution >= 4 is 24.1 Å². The fourth-order valence-electron chi connectivity index (χ4n) is 5.49. The minimum absolute atomic E-state index is 0.0366. The molecule has 0 aliphatic carbocycles. The third-order valence-electron chi connectivity index (χ3n) is 8.32. The third-order valence-corrected chi connectivity index (χ3v) is 8.32. The van der Waals surface area contributed by atoms with Crippen LogP contribution in [0.2, 0.25) is 0 Å². The van der Waals surface area contributed by atoms with Gasteiger partial charge in [-0.15, -0.1) is 0 Å². The lowest BCUT2D eigenvalue weighted by Crippen LogP contribution is -2.63. The van der Waals surface area contributed by atoms with Crippen LogP contribution in [0.3, 0.4) is 0 Å². The molecule has 2 saturated heterocycles. The Bertz CT molecular complexity index is 1590. The number of hydrogen-bond donors (Lipinski definition) is 8. The van der Waals surface area contributed by atoms with Gasteiger partial charge in [0.1, 0.15) is 49.8 Å². The number of carbonyl (C=O) groups is 2. The number of aliphatic hydroxyl groups is 6. The van der Waals surface area contributed by atoms with E-state index in [1.165, 1.54) is 64.9 Å². The molecule has 19 heteroatoms. The quantitative estimate of drug-likeness (QED) is 0.0765. The second-order valence-electron chi connectivity index (χ2n) is 11.6. The van der Waals surface area contributed by atoms with E-state index in [0.29, 0.717) is 11.1 Å². The number of hydrogen-bond acceptors (Lipinski definition) is 19. The summed E-state index contributed by atoms with van der Waals surface area (Å²) < 4.78 is 47.8. The number of benzene rings is 2. The van der Waals surface area contributed by atoms with Gasteiger partial charge in [-0.25, -0.2) is 9.59 Å². The highest BCUT2D eigenvalue weighted by Crippen LogP contribution is 2.40. The van der Waals surface area contributed by atoms with E-state index < -0.39 is 86.6 Å². The van der Waals surface area contributed by atoms with E-state index in [9.17, 15) is 50.4 Å². The van der Waals surface area contributed by atoms with Crippen molar-refractivity contribution in [3.63, 3.8) is 0 Å². The number of esters is 2. The second kappa shape index (κ2) is 17.9. The topological polar surface area (TPSA) is 279 Å². The molecule has 0 unspecified atom stereocenters. The Hall–Kier alpha value is -4.70. The van der Waals surface area contributed by atoms with Crippen LogP contribution in [-0.2, 0) is 33.3 Å². The minimum atomic E-state index is -2.51. The lowest BCUT2D eigenvalue weighted by molar-refractivity contribution is -0.383. The number of carbonyl (C=O) groups excluding carboxylic acids is 2. The van der Waals surface area contributed by atoms with Gasteiger partial charge in [-0.1, -0.05) is 0 Å². The Kier molecular flexibility index (Phi) is 13.9. The van der Waals surface area contributed by atoms with Gasteiger partial charge in [0.15, 0.2) is 35.4 Å². The monoisotopic (exact) mass is 754 g/mol. The van der Waals surface area contributed by atoms with Crippen molar-refractivity contribution in [2.24, 2.45) is 0 Å². The van der Waals surface area contributed by atoms with Crippen molar-refractivity contribution in [3.05, 3.63) is 47.5 Å². The molecular weight excluding hydrogens is 712 g/mol. The van der Waals surface area contributed by atoms with Crippen molar-refractivity contribution < 1.29 is 93.1 Å². The highest BCUT2D eigenvalue weighted by atomic mass is 16.8. The molecule has 53 heavy (non-hydrogen) atoms. The summed E-state index contributed by atoms with van der Waals surface area (Å²) in [6, 6.07) is 5.60. The molecule has 292 valence electrons. The molecule has 2 aliphatic heterocycles. The maximum atomic E-state index is 12.9. The van der Waals surface area contributed by atoms with Gasteiger partial charge in [0.2, 0.25) is 17.3 Å². The number of phenolic OH excluding ortho intramolecular Hbond substituents is 2. The zero-order valence-corrected chi connectivity index (χ0v) is 28.9. The first-order chi connectivity index (χ1) is 25.3. The Balaban J connectivity index is 1.48. The summed E-state index contributed by atoms with van der Waals surface area (Å²) in [4.78, 5) is 25.5. The Morgan fingerprint density at radius 3 is 1.66 bits per heavy atom. The number of aromatic hydroxyl groups is 2. The van der Waals surface area contributed by atoms with Gasteiger partial charge in [-0.3, -0.25) is 0 Å². The van der Waals surface area contributed by atoms with Gasteiger partial charge < -0.3 is 83.5 Å². The average molecular weight is 755 g/mol. The van der Waals surface area contributed by atoms with Crippen LogP contribution in [-0.4, -0.2) is 156 Å². The van der Waals surface area contributed by atoms with Gasteiger partial charge >= 0.3 is 11.9 Å². The molecule has 0 spiro atoms. The summed E-state index contributed by atoms with van der Waals surface area (Å²) in [6.45, 7) is -2.69. The molecule has 0 bridgehead atoms. The Morgan fingerprint density at radius 1 is 0.717 bits per heavy atom. The van der Waals surface area contributed by atoms with Crippen LogP contribution in [0, 0.1) is 0 Å². The van der Waals surface area contributed by atoms with Crippen molar-refractivity contribution in [2.45, 2.75) is 54.8 Å². The fraction of sp³-hybridized carbons (Fsp3) is 0.471. The molecule has 2 aliphatic rings. The summed E-state index contributed by atoms with van der Waals surface area (Å²) >= 11 is 0. The van der Waals surface area contributed by atoms with Crippen LogP contribution in [0.25, 0.3) is 12.2 Å². The van der Waals surface area contributed by atoms with Crippen molar-refractivity contribution in [1.82, 2.24) is 0 Å². The summed E-state index contributed by atoms with van der Waals surface area (Å²) in [7, 11) is 5.26. The van der Waals surface area contributed by atoms with E-state index in [1.54, 1.807) is 0 Å². The minimum Gasteiger partial charge on any atom is -0.502 e. The molecular formula is C34H42O19. The van der Waals surface area contributed by atoms with Gasteiger partial charge in [-0.2, -0.15) is 0 Å². The standard InChI is InChI=1S/C34H42O19/c1-45-18-9-16(10-19(46-2)26(18)39)5-7-24(37)49-14-23-28(41)30(43)31(44)33(50-23)53-34(15-36)32(29(42)22(13-35)52-34)51-25(38)8-6-17-11-20(47-3)27(40)21(12-17)48-4/h5-12,22-23,28-33,35-36,39-44H,13-15H2,1-4H3/b7-5+,8-6+/t22-,23-,28-,29-,30+,31-,32+,33-,34-/m1/s1. The van der Waals surface area contributed by atoms with E-state index in [0.717, 1.165) is 12.2 Å². The van der Waals surface area contributed by atoms with E-state index in [2.05, 4.69) is 0 Å². The molecule has 9 atom stereocenters. The maximum absolute atomic E-state index is 12.9. The third kappa shape index (κ3) is 9.10. The van der Waals surface area contributed by atoms with Crippen LogP contribution in [0.5, 0.6) is 34.5 Å². The molecule has 2 aromatic carbocycles. The Morgan fingerprint density at radius 2 is 1.21 bits per heavy atom. The molecule has 4 rings (SSSR count). The fourth-order valence-corrected chi connectivity index (χ4v) is 5.49. The number of methoxy groups -OCH3 is 4. The predicted molar refractivity (Wildman–Crippen MR) is 177 cm³/mol. The summed E-state index contributed by atoms with van der Waals surface area (Å²) in [5.41, 5.74) is 0.708. The molecule has 2 aromatic rings. The van der Waals surface area contributed by atoms with Crippen LogP contribution >= 0.6 is 0 Å². The van der Waals surface area contributed by atoms with E-state index >= 15 is 0 Å². The number of phenols is 2. The molecule has 0 aromatic heterocycles. The molecule has 0 amide bonds. The van der Waals surface area contributed by atoms with Gasteiger partial charge in [0.25, 0.3) is 0 Å². The zero-order valence-electron chi connectivity index (χ0n) is 28.9. The molecule has 19 nitrogen and oxygen atoms in total. The first kappa shape index (κ1) is 41.1. The molecule has 0 radical (unpaired) electrons. The molecule has 0 saturated carbocycles. The number of ether oxygens (including phenoxy) is 9. The second-order valence-corrected chi connectivity index (χ2v) is 11.6. The predicted octanol–water partition coefficient (Wildman–Crippen LogP) is -1.42. The highest BCUT2D eigenvalue weighted by Gasteiger charge is 2.60. The van der Waals surface area contributed by atoms with E-state index in [1.807, 2.05) is 0 Å². The van der Waals surface area contributed by atoms with E-state index in [-0.39, 0.29) is 34.5 Å². The maximum Gasteiger partial charge on any atom is 0.331 e. The van der Waals surface area contributed by atoms with Crippen LogP contribution in [0.15, 0.2) is 36.4 Å². The number of aliphatic hydroxyl groups excluding tert-OH is 6. The van der Waals surface area contributed by atoms with Gasteiger partial charge in [-0.05, 0) is 47.5 Å². The first-order valence-electron chi connectivity index (χ1n) is 15.8. The molecule has 2 fully saturated rings. The molecule has 2 heterocycles. The first-order valence-corrected chi connectivity index (χ1v) is 15.8. The average Bonchev–Trinajstić information content (AvgIpc) is 3.42. The van der Waals surface area contributed by atoms with Gasteiger partial charge in [0.05, 0.1) is 35.0 Å². The molecule has 8 N–H and O–H groups in total. The van der Waals surface area contributed by atoms with Crippen molar-refractivity contribution in [3.8, 4) is 34.5 Å². The van der Waals surface area contributed by atoms with Crippen molar-refractivity contribution in [2.75, 3.05) is 48.3 Å². The normalized spacial score (nSPS) is 28.6. The van der Waals surface area contributed by atoms with Gasteiger partial charge in [0, 0.05) is 12.2 Å². The van der Waals surface area contributed by atoms with Crippen LogP contribution < -0.4 is 18.9 Å². The largest absolute Gasteiger partial charge is 0.502 e. The smallest absolute Gasteiger partial charge is 0.331 e. The lowest BCUT2D eigenvalue weighted by atomic mass is 9.98. The van der Waals surface area contributed by atoms with Crippen LogP contribution in [0.1, 0.15) is 11.1 Å². The highest BCUT2D eigenvalue weighted by molar-refractivity contribution is 5.88. The summed E-state index contributed by atoms with van der Waals surface area (Å²) in [6.07, 6.45) is -9.97. The zero-order chi connectivity index (χ0) is 39.0. The Labute approximate surface area is 302 Å².